The largest absolute Gasteiger partial charge is 0.264 e. The van der Waals surface area contributed by atoms with Crippen LogP contribution in [0.2, 0.25) is 0 Å². The van der Waals surface area contributed by atoms with Gasteiger partial charge in [-0.25, -0.2) is 4.98 Å². The highest BCUT2D eigenvalue weighted by Crippen LogP contribution is 2.48. The number of hydrogen-bond donors (Lipinski definition) is 0. The van der Waals surface area contributed by atoms with Crippen LogP contribution in [-0.4, -0.2) is 9.97 Å². The van der Waals surface area contributed by atoms with Crippen molar-refractivity contribution < 1.29 is 0 Å². The molecule has 0 bridgehead atoms. The van der Waals surface area contributed by atoms with Crippen molar-refractivity contribution in [2.24, 2.45) is 0 Å². The molecular formula is C24H28N2S. The van der Waals surface area contributed by atoms with Crippen LogP contribution in [0.5, 0.6) is 0 Å². The third-order valence-electron chi connectivity index (χ3n) is 6.15. The molecule has 0 unspecified atom stereocenters. The molecule has 3 heteroatoms. The number of thiazole rings is 1. The van der Waals surface area contributed by atoms with Gasteiger partial charge >= 0.3 is 0 Å². The summed E-state index contributed by atoms with van der Waals surface area (Å²) in [4.78, 5) is 9.21. The van der Waals surface area contributed by atoms with Crippen molar-refractivity contribution in [3.63, 3.8) is 0 Å². The van der Waals surface area contributed by atoms with Crippen LogP contribution in [0.4, 0.5) is 0 Å². The van der Waals surface area contributed by atoms with Gasteiger partial charge in [0.2, 0.25) is 0 Å². The predicted octanol–water partition coefficient (Wildman–Crippen LogP) is 6.78. The topological polar surface area (TPSA) is 25.8 Å². The van der Waals surface area contributed by atoms with Crippen LogP contribution in [0.15, 0.2) is 42.0 Å². The molecule has 1 aromatic carbocycles. The van der Waals surface area contributed by atoms with Gasteiger partial charge in [0, 0.05) is 28.9 Å². The Balaban J connectivity index is 1.86. The van der Waals surface area contributed by atoms with Gasteiger partial charge in [0.15, 0.2) is 0 Å². The van der Waals surface area contributed by atoms with E-state index in [0.29, 0.717) is 0 Å². The third kappa shape index (κ3) is 3.23. The normalized spacial score (nSPS) is 17.5. The predicted molar refractivity (Wildman–Crippen MR) is 115 cm³/mol. The summed E-state index contributed by atoms with van der Waals surface area (Å²) in [6, 6.07) is 8.96. The maximum Gasteiger partial charge on any atom is 0.125 e. The van der Waals surface area contributed by atoms with Gasteiger partial charge in [-0.15, -0.1) is 11.3 Å². The Morgan fingerprint density at radius 1 is 1.04 bits per heavy atom. The lowest BCUT2D eigenvalue weighted by atomic mass is 9.62. The molecule has 27 heavy (non-hydrogen) atoms. The minimum atomic E-state index is 0.216. The number of benzene rings is 1. The van der Waals surface area contributed by atoms with E-state index in [2.05, 4.69) is 63.2 Å². The number of fused-ring (bicyclic) bond motifs is 1. The van der Waals surface area contributed by atoms with Crippen LogP contribution in [0.1, 0.15) is 64.2 Å². The SMILES string of the molecule is CCc1cc2c(cc1-c1csc(-c3cccnc3)n1)C(C)(C)CCC2(C)C. The molecular weight excluding hydrogens is 348 g/mol. The molecule has 140 valence electrons. The van der Waals surface area contributed by atoms with Gasteiger partial charge in [-0.05, 0) is 65.0 Å². The standard InChI is InChI=1S/C24H28N2S/c1-6-16-12-19-20(24(4,5)10-9-23(19,2)3)13-18(16)21-15-27-22(26-21)17-8-7-11-25-14-17/h7-8,11-15H,6,9-10H2,1-5H3. The molecule has 0 saturated carbocycles. The highest BCUT2D eigenvalue weighted by Gasteiger charge is 2.37. The average Bonchev–Trinajstić information content (AvgIpc) is 3.15. The fourth-order valence-corrected chi connectivity index (χ4v) is 5.02. The molecule has 0 atom stereocenters. The van der Waals surface area contributed by atoms with Gasteiger partial charge in [0.25, 0.3) is 0 Å². The quantitative estimate of drug-likeness (QED) is 0.503. The van der Waals surface area contributed by atoms with Gasteiger partial charge in [-0.3, -0.25) is 4.98 Å². The Bertz CT molecular complexity index is 967. The zero-order chi connectivity index (χ0) is 19.2. The zero-order valence-electron chi connectivity index (χ0n) is 17.0. The van der Waals surface area contributed by atoms with E-state index in [0.717, 1.165) is 22.7 Å². The maximum absolute atomic E-state index is 4.97. The summed E-state index contributed by atoms with van der Waals surface area (Å²) in [6.45, 7) is 11.8. The van der Waals surface area contributed by atoms with Crippen LogP contribution in [-0.2, 0) is 17.3 Å². The first-order valence-electron chi connectivity index (χ1n) is 9.86. The van der Waals surface area contributed by atoms with Crippen molar-refractivity contribution in [1.82, 2.24) is 9.97 Å². The number of aromatic nitrogens is 2. The number of pyridine rings is 1. The van der Waals surface area contributed by atoms with Crippen LogP contribution in [0.3, 0.4) is 0 Å². The van der Waals surface area contributed by atoms with E-state index < -0.39 is 0 Å². The van der Waals surface area contributed by atoms with Crippen molar-refractivity contribution in [1.29, 1.82) is 0 Å². The van der Waals surface area contributed by atoms with Crippen LogP contribution in [0.25, 0.3) is 21.8 Å². The first-order valence-corrected chi connectivity index (χ1v) is 10.7. The number of aryl methyl sites for hydroxylation is 1. The average molecular weight is 377 g/mol. The van der Waals surface area contributed by atoms with E-state index in [9.17, 15) is 0 Å². The second-order valence-electron chi connectivity index (χ2n) is 8.96. The number of hydrogen-bond acceptors (Lipinski definition) is 3. The molecule has 2 nitrogen and oxygen atoms in total. The molecule has 0 N–H and O–H groups in total. The molecule has 0 aliphatic heterocycles. The summed E-state index contributed by atoms with van der Waals surface area (Å²) in [5.41, 5.74) is 8.38. The molecule has 0 fully saturated rings. The lowest BCUT2D eigenvalue weighted by Crippen LogP contribution is -2.34. The van der Waals surface area contributed by atoms with Gasteiger partial charge in [0.1, 0.15) is 5.01 Å². The summed E-state index contributed by atoms with van der Waals surface area (Å²) in [6.07, 6.45) is 7.20. The van der Waals surface area contributed by atoms with Gasteiger partial charge < -0.3 is 0 Å². The van der Waals surface area contributed by atoms with Crippen LogP contribution in [0, 0.1) is 0 Å². The molecule has 1 aliphatic rings. The Kier molecular flexibility index (Phi) is 4.46. The minimum Gasteiger partial charge on any atom is -0.264 e. The molecule has 0 spiro atoms. The Labute approximate surface area is 166 Å². The summed E-state index contributed by atoms with van der Waals surface area (Å²) in [5.74, 6) is 0. The highest BCUT2D eigenvalue weighted by molar-refractivity contribution is 7.13. The molecule has 1 aliphatic carbocycles. The number of nitrogens with zero attached hydrogens (tertiary/aromatic N) is 2. The number of rotatable bonds is 3. The van der Waals surface area contributed by atoms with E-state index in [-0.39, 0.29) is 10.8 Å². The Morgan fingerprint density at radius 2 is 1.74 bits per heavy atom. The summed E-state index contributed by atoms with van der Waals surface area (Å²) >= 11 is 1.70. The summed E-state index contributed by atoms with van der Waals surface area (Å²) in [5, 5.41) is 3.24. The Hall–Kier alpha value is -2.00. The smallest absolute Gasteiger partial charge is 0.125 e. The molecule has 2 heterocycles. The summed E-state index contributed by atoms with van der Waals surface area (Å²) < 4.78 is 0. The lowest BCUT2D eigenvalue weighted by molar-refractivity contribution is 0.331. The van der Waals surface area contributed by atoms with Crippen LogP contribution < -0.4 is 0 Å². The van der Waals surface area contributed by atoms with Crippen molar-refractivity contribution >= 4 is 11.3 Å². The fourth-order valence-electron chi connectivity index (χ4n) is 4.21. The zero-order valence-corrected chi connectivity index (χ0v) is 17.8. The highest BCUT2D eigenvalue weighted by atomic mass is 32.1. The van der Waals surface area contributed by atoms with Crippen LogP contribution >= 0.6 is 11.3 Å². The van der Waals surface area contributed by atoms with Gasteiger partial charge in [-0.1, -0.05) is 40.7 Å². The van der Waals surface area contributed by atoms with E-state index in [1.165, 1.54) is 35.1 Å². The molecule has 4 rings (SSSR count). The van der Waals surface area contributed by atoms with Crippen molar-refractivity contribution in [3.05, 3.63) is 58.7 Å². The minimum absolute atomic E-state index is 0.216. The Morgan fingerprint density at radius 3 is 2.37 bits per heavy atom. The van der Waals surface area contributed by atoms with E-state index >= 15 is 0 Å². The van der Waals surface area contributed by atoms with Crippen molar-refractivity contribution in [2.45, 2.75) is 64.7 Å². The summed E-state index contributed by atoms with van der Waals surface area (Å²) in [7, 11) is 0. The van der Waals surface area contributed by atoms with Gasteiger partial charge in [-0.2, -0.15) is 0 Å². The maximum atomic E-state index is 4.97. The fraction of sp³-hybridized carbons (Fsp3) is 0.417. The van der Waals surface area contributed by atoms with E-state index in [1.807, 2.05) is 12.3 Å². The molecule has 0 amide bonds. The second-order valence-corrected chi connectivity index (χ2v) is 9.81. The lowest BCUT2D eigenvalue weighted by Gasteiger charge is -2.42. The van der Waals surface area contributed by atoms with Gasteiger partial charge in [0.05, 0.1) is 5.69 Å². The first-order chi connectivity index (χ1) is 12.8. The molecule has 3 aromatic rings. The van der Waals surface area contributed by atoms with Crippen molar-refractivity contribution in [3.8, 4) is 21.8 Å². The molecule has 0 saturated heterocycles. The first kappa shape index (κ1) is 18.4. The third-order valence-corrected chi connectivity index (χ3v) is 7.04. The second kappa shape index (κ2) is 6.56. The monoisotopic (exact) mass is 376 g/mol. The van der Waals surface area contributed by atoms with Crippen molar-refractivity contribution in [2.75, 3.05) is 0 Å². The molecule has 0 radical (unpaired) electrons. The van der Waals surface area contributed by atoms with E-state index in [4.69, 9.17) is 4.98 Å². The molecule has 2 aromatic heterocycles. The van der Waals surface area contributed by atoms with E-state index in [1.54, 1.807) is 17.5 Å².